The summed E-state index contributed by atoms with van der Waals surface area (Å²) in [6.45, 7) is 7.05. The summed E-state index contributed by atoms with van der Waals surface area (Å²) < 4.78 is 6.56. The van der Waals surface area contributed by atoms with Gasteiger partial charge >= 0.3 is 5.97 Å². The van der Waals surface area contributed by atoms with Crippen molar-refractivity contribution < 1.29 is 23.5 Å². The highest BCUT2D eigenvalue weighted by atomic mass is 16.5. The number of nitrogens with zero attached hydrogens (tertiary/aromatic N) is 2. The first-order chi connectivity index (χ1) is 13.5. The predicted octanol–water partition coefficient (Wildman–Crippen LogP) is 3.60. The highest BCUT2D eigenvalue weighted by Crippen LogP contribution is 2.19. The molecule has 5 nitrogen and oxygen atoms in total. The lowest BCUT2D eigenvalue weighted by Crippen LogP contribution is -2.65. The van der Waals surface area contributed by atoms with E-state index in [1.54, 1.807) is 6.92 Å². The maximum atomic E-state index is 12.6. The fraction of sp³-hybridized carbons (Fsp3) is 0.333. The van der Waals surface area contributed by atoms with Gasteiger partial charge in [0, 0.05) is 22.3 Å². The van der Waals surface area contributed by atoms with Crippen molar-refractivity contribution in [3.63, 3.8) is 0 Å². The topological polar surface area (TPSA) is 43.4 Å². The first kappa shape index (κ1) is 22.5. The second-order valence-corrected chi connectivity index (χ2v) is 8.43. The second kappa shape index (κ2) is 9.16. The van der Waals surface area contributed by atoms with Crippen LogP contribution in [0.25, 0.3) is 0 Å². The number of likely N-dealkylation sites (N-methyl/N-ethyl adjacent to an activating group) is 1. The molecule has 0 aliphatic rings. The summed E-state index contributed by atoms with van der Waals surface area (Å²) in [6, 6.07) is 17.1. The maximum Gasteiger partial charge on any atom is 0.333 e. The van der Waals surface area contributed by atoms with Crippen molar-refractivity contribution in [2.45, 2.75) is 13.5 Å². The number of quaternary nitrogens is 2. The van der Waals surface area contributed by atoms with Gasteiger partial charge in [0.05, 0.1) is 0 Å². The van der Waals surface area contributed by atoms with Crippen molar-refractivity contribution in [2.24, 2.45) is 0 Å². The van der Waals surface area contributed by atoms with Gasteiger partial charge in [0.2, 0.25) is 0 Å². The van der Waals surface area contributed by atoms with Gasteiger partial charge in [-0.05, 0) is 6.92 Å². The second-order valence-electron chi connectivity index (χ2n) is 8.43. The molecular formula is C24H32N2O3+2. The Bertz CT molecular complexity index is 869. The number of ether oxygens (including phenoxy) is 1. The molecule has 0 saturated heterocycles. The average Bonchev–Trinajstić information content (AvgIpc) is 2.68. The van der Waals surface area contributed by atoms with E-state index in [0.29, 0.717) is 39.0 Å². The van der Waals surface area contributed by atoms with Crippen LogP contribution in [0.2, 0.25) is 0 Å². The minimum atomic E-state index is -0.353. The van der Waals surface area contributed by atoms with Crippen LogP contribution in [0.4, 0.5) is 0 Å². The third-order valence-electron chi connectivity index (χ3n) is 5.51. The summed E-state index contributed by atoms with van der Waals surface area (Å²) in [5.74, 6) is -0.324. The molecule has 0 heterocycles. The van der Waals surface area contributed by atoms with Crippen LogP contribution in [-0.2, 0) is 16.1 Å². The summed E-state index contributed by atoms with van der Waals surface area (Å²) in [7, 11) is 8.51. The number of hydrogen-bond acceptors (Lipinski definition) is 3. The molecule has 2 aromatic carbocycles. The van der Waals surface area contributed by atoms with Gasteiger partial charge < -0.3 is 4.74 Å². The highest BCUT2D eigenvalue weighted by molar-refractivity contribution is 6.08. The molecule has 0 amide bonds. The standard InChI is InChI=1S/C24H32N2O3/c1-19(2)24(28)29-17-16-25(3,4)26(5,6)18-20-12-14-22(15-13-20)23(27)21-10-8-7-9-11-21/h7-15H,1,16-18H2,2-6H3/q+2. The SMILES string of the molecule is C=C(C)C(=O)OCC[N+](C)(C)[N+](C)(C)Cc1ccc(C(=O)c2ccccc2)cc1. The Kier molecular flexibility index (Phi) is 7.11. The largest absolute Gasteiger partial charge is 0.456 e. The van der Waals surface area contributed by atoms with E-state index in [0.717, 1.165) is 12.1 Å². The molecule has 154 valence electrons. The Morgan fingerprint density at radius 3 is 1.97 bits per heavy atom. The van der Waals surface area contributed by atoms with E-state index in [1.807, 2.05) is 54.6 Å². The van der Waals surface area contributed by atoms with Gasteiger partial charge in [-0.1, -0.05) is 61.2 Å². The normalized spacial score (nSPS) is 11.8. The van der Waals surface area contributed by atoms with Crippen molar-refractivity contribution in [1.29, 1.82) is 0 Å². The Labute approximate surface area is 174 Å². The van der Waals surface area contributed by atoms with Gasteiger partial charge in [-0.2, -0.15) is 9.18 Å². The molecule has 29 heavy (non-hydrogen) atoms. The molecule has 0 aliphatic carbocycles. The van der Waals surface area contributed by atoms with Crippen molar-refractivity contribution in [3.05, 3.63) is 83.4 Å². The molecule has 0 atom stereocenters. The Morgan fingerprint density at radius 2 is 1.41 bits per heavy atom. The zero-order chi connectivity index (χ0) is 21.7. The summed E-state index contributed by atoms with van der Waals surface area (Å²) in [5.41, 5.74) is 2.93. The minimum Gasteiger partial charge on any atom is -0.456 e. The van der Waals surface area contributed by atoms with E-state index < -0.39 is 0 Å². The molecule has 0 saturated carbocycles. The molecule has 0 unspecified atom stereocenters. The number of esters is 1. The molecular weight excluding hydrogens is 364 g/mol. The summed E-state index contributed by atoms with van der Waals surface area (Å²) in [6.07, 6.45) is 0. The highest BCUT2D eigenvalue weighted by Gasteiger charge is 2.36. The molecule has 2 aromatic rings. The quantitative estimate of drug-likeness (QED) is 0.214. The van der Waals surface area contributed by atoms with Crippen molar-refractivity contribution in [2.75, 3.05) is 41.3 Å². The molecule has 0 radical (unpaired) electrons. The van der Waals surface area contributed by atoms with Crippen molar-refractivity contribution in [3.8, 4) is 0 Å². The number of ketones is 1. The van der Waals surface area contributed by atoms with Crippen molar-refractivity contribution >= 4 is 11.8 Å². The van der Waals surface area contributed by atoms with Crippen LogP contribution in [0.1, 0.15) is 28.4 Å². The van der Waals surface area contributed by atoms with E-state index in [9.17, 15) is 9.59 Å². The Balaban J connectivity index is 2.02. The molecule has 0 N–H and O–H groups in total. The molecule has 0 bridgehead atoms. The zero-order valence-electron chi connectivity index (χ0n) is 18.1. The third kappa shape index (κ3) is 5.86. The molecule has 0 spiro atoms. The maximum absolute atomic E-state index is 12.6. The number of rotatable bonds is 9. The lowest BCUT2D eigenvalue weighted by atomic mass is 10.0. The average molecular weight is 397 g/mol. The Hall–Kier alpha value is -2.76. The van der Waals surface area contributed by atoms with Gasteiger partial charge in [-0.25, -0.2) is 4.79 Å². The molecule has 5 heteroatoms. The fourth-order valence-corrected chi connectivity index (χ4v) is 2.91. The number of carbonyl (C=O) groups excluding carboxylic acids is 2. The van der Waals surface area contributed by atoms with E-state index in [-0.39, 0.29) is 11.8 Å². The zero-order valence-corrected chi connectivity index (χ0v) is 18.1. The summed E-state index contributed by atoms with van der Waals surface area (Å²) in [5, 5.41) is 0. The van der Waals surface area contributed by atoms with Gasteiger partial charge in [-0.3, -0.25) is 4.79 Å². The van der Waals surface area contributed by atoms with Crippen LogP contribution in [0.5, 0.6) is 0 Å². The van der Waals surface area contributed by atoms with E-state index in [1.165, 1.54) is 0 Å². The lowest BCUT2D eigenvalue weighted by molar-refractivity contribution is -1.47. The van der Waals surface area contributed by atoms with E-state index >= 15 is 0 Å². The van der Waals surface area contributed by atoms with Crippen LogP contribution < -0.4 is 0 Å². The Morgan fingerprint density at radius 1 is 0.862 bits per heavy atom. The molecule has 0 aromatic heterocycles. The van der Waals surface area contributed by atoms with E-state index in [2.05, 4.69) is 34.8 Å². The first-order valence-electron chi connectivity index (χ1n) is 9.71. The van der Waals surface area contributed by atoms with Crippen LogP contribution in [0.15, 0.2) is 66.7 Å². The molecule has 0 aliphatic heterocycles. The number of carbonyl (C=O) groups is 2. The van der Waals surface area contributed by atoms with Crippen LogP contribution in [0.3, 0.4) is 0 Å². The van der Waals surface area contributed by atoms with Gasteiger partial charge in [0.1, 0.15) is 41.3 Å². The molecule has 0 fully saturated rings. The minimum absolute atomic E-state index is 0.0290. The van der Waals surface area contributed by atoms with Gasteiger partial charge in [-0.15, -0.1) is 0 Å². The third-order valence-corrected chi connectivity index (χ3v) is 5.51. The predicted molar refractivity (Wildman–Crippen MR) is 115 cm³/mol. The van der Waals surface area contributed by atoms with Crippen LogP contribution in [-0.4, -0.2) is 62.3 Å². The molecule has 2 rings (SSSR count). The van der Waals surface area contributed by atoms with Crippen LogP contribution in [0, 0.1) is 0 Å². The fourth-order valence-electron chi connectivity index (χ4n) is 2.91. The smallest absolute Gasteiger partial charge is 0.333 e. The lowest BCUT2D eigenvalue weighted by Gasteiger charge is -2.44. The summed E-state index contributed by atoms with van der Waals surface area (Å²) in [4.78, 5) is 24.2. The van der Waals surface area contributed by atoms with Gasteiger partial charge in [0.25, 0.3) is 0 Å². The monoisotopic (exact) mass is 396 g/mol. The summed E-state index contributed by atoms with van der Waals surface area (Å²) >= 11 is 0. The van der Waals surface area contributed by atoms with Crippen molar-refractivity contribution in [1.82, 2.24) is 0 Å². The van der Waals surface area contributed by atoms with E-state index in [4.69, 9.17) is 4.74 Å². The number of hydrogen-bond donors (Lipinski definition) is 0. The van der Waals surface area contributed by atoms with Gasteiger partial charge in [0.15, 0.2) is 12.3 Å². The first-order valence-corrected chi connectivity index (χ1v) is 9.71. The van der Waals surface area contributed by atoms with Crippen LogP contribution >= 0.6 is 0 Å². The number of benzene rings is 2.